The third-order valence-corrected chi connectivity index (χ3v) is 8.98. The summed E-state index contributed by atoms with van der Waals surface area (Å²) in [6, 6.07) is 17.0. The van der Waals surface area contributed by atoms with Gasteiger partial charge in [-0.05, 0) is 90.8 Å². The van der Waals surface area contributed by atoms with Gasteiger partial charge in [-0.1, -0.05) is 61.9 Å². The number of aryl methyl sites for hydroxylation is 3. The number of nitrogens with two attached hydrogens (primary N) is 1. The highest BCUT2D eigenvalue weighted by molar-refractivity contribution is 7.99. The molecular weight excluding hydrogens is 615 g/mol. The van der Waals surface area contributed by atoms with Crippen LogP contribution in [0.25, 0.3) is 5.57 Å². The van der Waals surface area contributed by atoms with Crippen LogP contribution in [0.4, 0.5) is 18.0 Å². The Bertz CT molecular complexity index is 1560. The van der Waals surface area contributed by atoms with Gasteiger partial charge in [0, 0.05) is 17.7 Å². The number of carbonyl (C=O) groups is 3. The average Bonchev–Trinajstić information content (AvgIpc) is 3.01. The highest BCUT2D eigenvalue weighted by Crippen LogP contribution is 2.40. The van der Waals surface area contributed by atoms with Gasteiger partial charge < -0.3 is 15.2 Å². The summed E-state index contributed by atoms with van der Waals surface area (Å²) in [5.41, 5.74) is 10.1. The molecule has 3 aromatic carbocycles. The third kappa shape index (κ3) is 9.10. The van der Waals surface area contributed by atoms with E-state index >= 15 is 0 Å². The number of alkyl halides is 3. The van der Waals surface area contributed by atoms with Crippen LogP contribution in [-0.4, -0.2) is 29.7 Å². The fraction of sp³-hybridized carbons (Fsp3) is 0.361. The van der Waals surface area contributed by atoms with Gasteiger partial charge in [0.25, 0.3) is 0 Å². The molecule has 2 atom stereocenters. The summed E-state index contributed by atoms with van der Waals surface area (Å²) in [5, 5.41) is 0. The summed E-state index contributed by atoms with van der Waals surface area (Å²) in [6.07, 6.45) is -3.18. The van der Waals surface area contributed by atoms with Crippen LogP contribution in [0.3, 0.4) is 0 Å². The fourth-order valence-corrected chi connectivity index (χ4v) is 6.68. The third-order valence-electron chi connectivity index (χ3n) is 7.93. The average molecular weight is 654 g/mol. The summed E-state index contributed by atoms with van der Waals surface area (Å²) < 4.78 is 49.5. The van der Waals surface area contributed by atoms with E-state index in [0.717, 1.165) is 39.9 Å². The van der Waals surface area contributed by atoms with Crippen LogP contribution in [0.5, 0.6) is 0 Å². The minimum Gasteiger partial charge on any atom is -0.398 e. The maximum Gasteiger partial charge on any atom is 0.521 e. The van der Waals surface area contributed by atoms with Gasteiger partial charge in [0.1, 0.15) is 11.8 Å². The molecule has 46 heavy (non-hydrogen) atoms. The van der Waals surface area contributed by atoms with Gasteiger partial charge in [-0.15, -0.1) is 11.8 Å². The molecule has 0 fully saturated rings. The van der Waals surface area contributed by atoms with E-state index in [9.17, 15) is 27.6 Å². The zero-order valence-electron chi connectivity index (χ0n) is 26.1. The Morgan fingerprint density at radius 3 is 2.20 bits per heavy atom. The molecule has 244 valence electrons. The van der Waals surface area contributed by atoms with E-state index in [2.05, 4.69) is 0 Å². The highest BCUT2D eigenvalue weighted by atomic mass is 32.2. The van der Waals surface area contributed by atoms with Crippen molar-refractivity contribution in [2.75, 3.05) is 5.75 Å². The van der Waals surface area contributed by atoms with Crippen molar-refractivity contribution in [3.8, 4) is 0 Å². The zero-order valence-corrected chi connectivity index (χ0v) is 26.9. The number of benzene rings is 3. The number of hydrogen-bond donors (Lipinski definition) is 1. The monoisotopic (exact) mass is 653 g/mol. The molecule has 0 radical (unpaired) electrons. The first-order valence-corrected chi connectivity index (χ1v) is 16.3. The van der Waals surface area contributed by atoms with Crippen molar-refractivity contribution in [1.29, 1.82) is 0 Å². The number of ketones is 1. The van der Waals surface area contributed by atoms with Crippen molar-refractivity contribution < 1.29 is 37.0 Å². The number of Topliss-reactive ketones (excluding diaryl/α,β-unsaturated/α-hetero) is 1. The van der Waals surface area contributed by atoms with Gasteiger partial charge in [-0.25, -0.2) is 9.59 Å². The number of ether oxygens (including phenoxy) is 2. The molecule has 2 N–H and O–H groups in total. The van der Waals surface area contributed by atoms with E-state index in [1.165, 1.54) is 23.9 Å². The van der Waals surface area contributed by atoms with Crippen LogP contribution in [-0.2, 0) is 44.5 Å². The highest BCUT2D eigenvalue weighted by Gasteiger charge is 2.34. The predicted octanol–water partition coefficient (Wildman–Crippen LogP) is 8.26. The van der Waals surface area contributed by atoms with Crippen molar-refractivity contribution >= 4 is 35.2 Å². The number of hydrogen-bond acceptors (Lipinski definition) is 7. The van der Waals surface area contributed by atoms with Gasteiger partial charge in [0.15, 0.2) is 5.78 Å². The minimum absolute atomic E-state index is 0.142. The topological polar surface area (TPSA) is 95.7 Å². The Hall–Kier alpha value is -3.89. The van der Waals surface area contributed by atoms with E-state index in [0.29, 0.717) is 35.5 Å². The van der Waals surface area contributed by atoms with Crippen LogP contribution in [0.15, 0.2) is 77.4 Å². The fourth-order valence-electron chi connectivity index (χ4n) is 5.67. The van der Waals surface area contributed by atoms with E-state index in [-0.39, 0.29) is 36.7 Å². The van der Waals surface area contributed by atoms with E-state index in [1.54, 1.807) is 0 Å². The van der Waals surface area contributed by atoms with E-state index in [4.69, 9.17) is 15.2 Å². The van der Waals surface area contributed by atoms with Gasteiger partial charge in [-0.3, -0.25) is 4.79 Å². The normalized spacial score (nSPS) is 15.9. The minimum atomic E-state index is -4.41. The lowest BCUT2D eigenvalue weighted by atomic mass is 9.79. The molecule has 0 aromatic heterocycles. The summed E-state index contributed by atoms with van der Waals surface area (Å²) in [4.78, 5) is 40.2. The first-order valence-electron chi connectivity index (χ1n) is 15.3. The van der Waals surface area contributed by atoms with Crippen molar-refractivity contribution in [1.82, 2.24) is 0 Å². The number of rotatable bonds is 11. The van der Waals surface area contributed by atoms with Gasteiger partial charge in [0.2, 0.25) is 0 Å². The summed E-state index contributed by atoms with van der Waals surface area (Å²) >= 11 is 1.39. The molecule has 6 nitrogen and oxygen atoms in total. The van der Waals surface area contributed by atoms with Crippen LogP contribution >= 0.6 is 11.8 Å². The molecule has 1 aliphatic carbocycles. The SMILES string of the molecule is CCc1cc(C)cc(CC)c1C1=C(OC(=O)OC(=O)[C@@H](N)Cc2ccccc2)CC(CCSc2ccc(C(F)(F)F)cc2)CC1=O. The van der Waals surface area contributed by atoms with Crippen LogP contribution in [0.2, 0.25) is 0 Å². The summed E-state index contributed by atoms with van der Waals surface area (Å²) in [7, 11) is 0. The molecule has 4 rings (SSSR count). The van der Waals surface area contributed by atoms with Gasteiger partial charge in [0.05, 0.1) is 11.1 Å². The van der Waals surface area contributed by atoms with Crippen LogP contribution in [0.1, 0.15) is 66.5 Å². The molecule has 10 heteroatoms. The van der Waals surface area contributed by atoms with E-state index < -0.39 is 29.9 Å². The maximum absolute atomic E-state index is 13.8. The lowest BCUT2D eigenvalue weighted by Crippen LogP contribution is -2.36. The molecule has 1 aliphatic rings. The first-order chi connectivity index (χ1) is 21.9. The zero-order chi connectivity index (χ0) is 33.4. The number of allylic oxidation sites excluding steroid dienone is 2. The van der Waals surface area contributed by atoms with Crippen molar-refractivity contribution in [3.63, 3.8) is 0 Å². The van der Waals surface area contributed by atoms with Crippen molar-refractivity contribution in [2.24, 2.45) is 11.7 Å². The lowest BCUT2D eigenvalue weighted by Gasteiger charge is -2.28. The number of thioether (sulfide) groups is 1. The van der Waals surface area contributed by atoms with Crippen molar-refractivity contribution in [3.05, 3.63) is 106 Å². The van der Waals surface area contributed by atoms with Crippen molar-refractivity contribution in [2.45, 2.75) is 76.4 Å². The molecule has 0 saturated carbocycles. The van der Waals surface area contributed by atoms with Crippen LogP contribution < -0.4 is 5.73 Å². The van der Waals surface area contributed by atoms with Crippen LogP contribution in [0, 0.1) is 12.8 Å². The molecule has 0 amide bonds. The molecule has 0 bridgehead atoms. The Labute approximate surface area is 271 Å². The maximum atomic E-state index is 13.8. The molecule has 1 unspecified atom stereocenters. The summed E-state index contributed by atoms with van der Waals surface area (Å²) in [6.45, 7) is 5.98. The Morgan fingerprint density at radius 2 is 1.61 bits per heavy atom. The smallest absolute Gasteiger partial charge is 0.398 e. The van der Waals surface area contributed by atoms with E-state index in [1.807, 2.05) is 63.2 Å². The summed E-state index contributed by atoms with van der Waals surface area (Å²) in [5.74, 6) is -0.643. The lowest BCUT2D eigenvalue weighted by molar-refractivity contribution is -0.141. The molecule has 0 spiro atoms. The molecular formula is C36H38F3NO5S. The first kappa shape index (κ1) is 35.0. The standard InChI is InChI=1S/C36H38F3NO5S/c1-4-25-17-22(3)18-26(5-2)32(25)33-30(41)20-24(15-16-46-28-13-11-27(12-14-28)36(37,38)39)21-31(33)44-35(43)45-34(42)29(40)19-23-9-7-6-8-10-23/h6-14,17-18,24,29H,4-5,15-16,19-21,40H2,1-3H3/t24?,29-/m0/s1. The Balaban J connectivity index is 1.54. The quantitative estimate of drug-likeness (QED) is 0.126. The Morgan fingerprint density at radius 1 is 0.978 bits per heavy atom. The molecule has 0 heterocycles. The predicted molar refractivity (Wildman–Crippen MR) is 172 cm³/mol. The number of halogens is 3. The Kier molecular flexibility index (Phi) is 11.9. The number of carbonyl (C=O) groups excluding carboxylic acids is 3. The molecule has 0 saturated heterocycles. The van der Waals surface area contributed by atoms with Gasteiger partial charge in [-0.2, -0.15) is 13.2 Å². The second-order valence-corrected chi connectivity index (χ2v) is 12.6. The largest absolute Gasteiger partial charge is 0.521 e. The second-order valence-electron chi connectivity index (χ2n) is 11.4. The molecule has 3 aromatic rings. The van der Waals surface area contributed by atoms with Gasteiger partial charge >= 0.3 is 18.3 Å². The number of esters is 1. The second kappa shape index (κ2) is 15.6. The molecule has 0 aliphatic heterocycles.